The molecule has 0 amide bonds. The molecule has 0 spiro atoms. The lowest BCUT2D eigenvalue weighted by Gasteiger charge is -2.05. The van der Waals surface area contributed by atoms with Crippen molar-refractivity contribution in [1.82, 2.24) is 15.2 Å². The van der Waals surface area contributed by atoms with Gasteiger partial charge in [0.25, 0.3) is 10.0 Å². The van der Waals surface area contributed by atoms with E-state index in [9.17, 15) is 8.42 Å². The average molecular weight is 280 g/mol. The minimum absolute atomic E-state index is 0.0342. The largest absolute Gasteiger partial charge is 0.278 e. The van der Waals surface area contributed by atoms with Crippen molar-refractivity contribution < 1.29 is 8.42 Å². The third-order valence-electron chi connectivity index (χ3n) is 2.35. The van der Waals surface area contributed by atoms with Gasteiger partial charge in [-0.25, -0.2) is 4.98 Å². The number of nitrogens with zero attached hydrogens (tertiary/aromatic N) is 2. The number of fused-ring (bicyclic) bond motifs is 1. The Balaban J connectivity index is 1.97. The summed E-state index contributed by atoms with van der Waals surface area (Å²) in [5.41, 5.74) is 3.07. The monoisotopic (exact) mass is 280 g/mol. The summed E-state index contributed by atoms with van der Waals surface area (Å²) in [6.45, 7) is 0. The highest BCUT2D eigenvalue weighted by Crippen LogP contribution is 2.23. The van der Waals surface area contributed by atoms with Crippen LogP contribution in [0.4, 0.5) is 5.69 Å². The lowest BCUT2D eigenvalue weighted by atomic mass is 10.3. The summed E-state index contributed by atoms with van der Waals surface area (Å²) in [5, 5.41) is 6.07. The first kappa shape index (κ1) is 11.2. The summed E-state index contributed by atoms with van der Waals surface area (Å²) in [4.78, 5) is 4.13. The molecule has 1 aromatic carbocycles. The molecule has 3 rings (SSSR count). The average Bonchev–Trinajstić information content (AvgIpc) is 2.99. The van der Waals surface area contributed by atoms with Crippen molar-refractivity contribution in [2.75, 3.05) is 4.72 Å². The number of aromatic nitrogens is 3. The van der Waals surface area contributed by atoms with Gasteiger partial charge in [0, 0.05) is 0 Å². The molecule has 0 aliphatic carbocycles. The molecular weight excluding hydrogens is 272 g/mol. The van der Waals surface area contributed by atoms with Crippen molar-refractivity contribution in [3.8, 4) is 0 Å². The predicted molar refractivity (Wildman–Crippen MR) is 69.0 cm³/mol. The number of sulfonamides is 1. The van der Waals surface area contributed by atoms with Gasteiger partial charge >= 0.3 is 0 Å². The molecule has 92 valence electrons. The van der Waals surface area contributed by atoms with Crippen LogP contribution in [0.2, 0.25) is 0 Å². The van der Waals surface area contributed by atoms with Gasteiger partial charge < -0.3 is 0 Å². The smallest absolute Gasteiger partial charge is 0.278 e. The van der Waals surface area contributed by atoms with Crippen LogP contribution in [-0.2, 0) is 10.0 Å². The quantitative estimate of drug-likeness (QED) is 0.766. The molecule has 0 aliphatic heterocycles. The molecule has 0 fully saturated rings. The molecule has 3 aromatic rings. The SMILES string of the molecule is O=S(=O)(Nc1ccc2ncsc2c1)c1ccn[nH]1. The highest BCUT2D eigenvalue weighted by atomic mass is 32.2. The van der Waals surface area contributed by atoms with Crippen molar-refractivity contribution in [2.24, 2.45) is 0 Å². The maximum absolute atomic E-state index is 11.9. The fourth-order valence-corrected chi connectivity index (χ4v) is 3.20. The van der Waals surface area contributed by atoms with E-state index in [0.29, 0.717) is 5.69 Å². The van der Waals surface area contributed by atoms with Crippen molar-refractivity contribution in [3.63, 3.8) is 0 Å². The molecule has 0 saturated carbocycles. The maximum atomic E-state index is 11.9. The fourth-order valence-electron chi connectivity index (χ4n) is 1.52. The van der Waals surface area contributed by atoms with Gasteiger partial charge in [0.05, 0.1) is 27.6 Å². The molecule has 18 heavy (non-hydrogen) atoms. The molecule has 0 unspecified atom stereocenters. The van der Waals surface area contributed by atoms with Crippen LogP contribution in [0.15, 0.2) is 41.0 Å². The van der Waals surface area contributed by atoms with E-state index >= 15 is 0 Å². The van der Waals surface area contributed by atoms with Crippen LogP contribution in [0, 0.1) is 0 Å². The first-order valence-corrected chi connectivity index (χ1v) is 7.37. The van der Waals surface area contributed by atoms with Gasteiger partial charge in [0.2, 0.25) is 0 Å². The van der Waals surface area contributed by atoms with Crippen molar-refractivity contribution in [1.29, 1.82) is 0 Å². The number of H-pyrrole nitrogens is 1. The molecule has 0 radical (unpaired) electrons. The third-order valence-corrected chi connectivity index (χ3v) is 4.45. The van der Waals surface area contributed by atoms with E-state index in [4.69, 9.17) is 0 Å². The first-order valence-electron chi connectivity index (χ1n) is 5.01. The van der Waals surface area contributed by atoms with Crippen LogP contribution >= 0.6 is 11.3 Å². The maximum Gasteiger partial charge on any atom is 0.278 e. The minimum atomic E-state index is -3.61. The number of anilines is 1. The van der Waals surface area contributed by atoms with Gasteiger partial charge in [-0.05, 0) is 24.3 Å². The Labute approximate surface area is 107 Å². The molecular formula is C10H8N4O2S2. The highest BCUT2D eigenvalue weighted by Gasteiger charge is 2.15. The zero-order valence-corrected chi connectivity index (χ0v) is 10.6. The molecule has 0 saturated heterocycles. The lowest BCUT2D eigenvalue weighted by Crippen LogP contribution is -2.13. The zero-order chi connectivity index (χ0) is 12.6. The Kier molecular flexibility index (Phi) is 2.53. The van der Waals surface area contributed by atoms with Gasteiger partial charge in [-0.1, -0.05) is 0 Å². The topological polar surface area (TPSA) is 87.7 Å². The first-order chi connectivity index (χ1) is 8.65. The second kappa shape index (κ2) is 4.07. The van der Waals surface area contributed by atoms with E-state index in [2.05, 4.69) is 19.9 Å². The van der Waals surface area contributed by atoms with E-state index in [1.165, 1.54) is 23.6 Å². The minimum Gasteiger partial charge on any atom is -0.278 e. The van der Waals surface area contributed by atoms with Gasteiger partial charge in [0.1, 0.15) is 0 Å². The van der Waals surface area contributed by atoms with Gasteiger partial charge in [-0.2, -0.15) is 13.5 Å². The summed E-state index contributed by atoms with van der Waals surface area (Å²) in [6.07, 6.45) is 1.39. The third kappa shape index (κ3) is 1.95. The number of nitrogens with one attached hydrogen (secondary N) is 2. The molecule has 2 aromatic heterocycles. The predicted octanol–water partition coefficient (Wildman–Crippen LogP) is 1.82. The van der Waals surface area contributed by atoms with Crippen LogP contribution < -0.4 is 4.72 Å². The van der Waals surface area contributed by atoms with Crippen LogP contribution in [0.1, 0.15) is 0 Å². The van der Waals surface area contributed by atoms with Crippen LogP contribution in [0.25, 0.3) is 10.2 Å². The van der Waals surface area contributed by atoms with E-state index in [1.807, 2.05) is 0 Å². The van der Waals surface area contributed by atoms with Crippen molar-refractivity contribution in [2.45, 2.75) is 5.03 Å². The molecule has 2 heterocycles. The Bertz CT molecular complexity index is 777. The number of rotatable bonds is 3. The fraction of sp³-hybridized carbons (Fsp3) is 0. The molecule has 6 nitrogen and oxygen atoms in total. The summed E-state index contributed by atoms with van der Waals surface area (Å²) in [7, 11) is -3.61. The molecule has 0 bridgehead atoms. The lowest BCUT2D eigenvalue weighted by molar-refractivity contribution is 0.597. The van der Waals surface area contributed by atoms with Gasteiger partial charge in [-0.3, -0.25) is 9.82 Å². The van der Waals surface area contributed by atoms with Crippen molar-refractivity contribution in [3.05, 3.63) is 36.0 Å². The Morgan fingerprint density at radius 3 is 2.94 bits per heavy atom. The van der Waals surface area contributed by atoms with E-state index in [0.717, 1.165) is 10.2 Å². The number of aromatic amines is 1. The second-order valence-electron chi connectivity index (χ2n) is 3.56. The summed E-state index contributed by atoms with van der Waals surface area (Å²) in [5.74, 6) is 0. The Morgan fingerprint density at radius 2 is 2.17 bits per heavy atom. The number of hydrogen-bond acceptors (Lipinski definition) is 5. The Morgan fingerprint density at radius 1 is 1.28 bits per heavy atom. The van der Waals surface area contributed by atoms with Crippen LogP contribution in [-0.4, -0.2) is 23.6 Å². The highest BCUT2D eigenvalue weighted by molar-refractivity contribution is 7.92. The second-order valence-corrected chi connectivity index (χ2v) is 6.10. The van der Waals surface area contributed by atoms with E-state index in [1.54, 1.807) is 23.7 Å². The summed E-state index contributed by atoms with van der Waals surface area (Å²) in [6, 6.07) is 6.60. The number of thiazole rings is 1. The molecule has 0 atom stereocenters. The van der Waals surface area contributed by atoms with Crippen molar-refractivity contribution >= 4 is 37.3 Å². The van der Waals surface area contributed by atoms with Crippen LogP contribution in [0.5, 0.6) is 0 Å². The molecule has 2 N–H and O–H groups in total. The van der Waals surface area contributed by atoms with Gasteiger partial charge in [-0.15, -0.1) is 11.3 Å². The standard InChI is InChI=1S/C10H8N4O2S2/c15-18(16,10-3-4-12-13-10)14-7-1-2-8-9(5-7)17-6-11-8/h1-6,14H,(H,12,13). The normalized spacial score (nSPS) is 11.8. The number of benzene rings is 1. The summed E-state index contributed by atoms with van der Waals surface area (Å²) >= 11 is 1.46. The van der Waals surface area contributed by atoms with Crippen LogP contribution in [0.3, 0.4) is 0 Å². The zero-order valence-electron chi connectivity index (χ0n) is 8.99. The molecule has 0 aliphatic rings. The van der Waals surface area contributed by atoms with Gasteiger partial charge in [0.15, 0.2) is 5.03 Å². The number of hydrogen-bond donors (Lipinski definition) is 2. The Hall–Kier alpha value is -1.93. The van der Waals surface area contributed by atoms with E-state index < -0.39 is 10.0 Å². The molecule has 8 heteroatoms. The summed E-state index contributed by atoms with van der Waals surface area (Å²) < 4.78 is 27.3. The van der Waals surface area contributed by atoms with E-state index in [-0.39, 0.29) is 5.03 Å².